The fraction of sp³-hybridized carbons (Fsp3) is 0.267. The average Bonchev–Trinajstić information content (AvgIpc) is 2.41. The summed E-state index contributed by atoms with van der Waals surface area (Å²) in [6.07, 6.45) is 3.06. The summed E-state index contributed by atoms with van der Waals surface area (Å²) in [5.74, 6) is 1.03. The summed E-state index contributed by atoms with van der Waals surface area (Å²) in [5, 5.41) is 3.16. The lowest BCUT2D eigenvalue weighted by molar-refractivity contribution is 0.0951. The largest absolute Gasteiger partial charge is 0.324 e. The minimum Gasteiger partial charge on any atom is -0.324 e. The first kappa shape index (κ1) is 13.2. The Kier molecular flexibility index (Phi) is 3.53. The normalized spacial score (nSPS) is 17.7. The van der Waals surface area contributed by atoms with Gasteiger partial charge in [-0.1, -0.05) is 22.9 Å². The number of fused-ring (bicyclic) bond motifs is 1. The Hall–Kier alpha value is -1.75. The van der Waals surface area contributed by atoms with Gasteiger partial charge in [-0.25, -0.2) is 9.97 Å². The zero-order chi connectivity index (χ0) is 14.1. The Balaban J connectivity index is 1.87. The second-order valence-electron chi connectivity index (χ2n) is 5.12. The highest BCUT2D eigenvalue weighted by Gasteiger charge is 2.24. The summed E-state index contributed by atoms with van der Waals surface area (Å²) in [5.41, 5.74) is 2.44. The number of carbonyl (C=O) groups is 1. The van der Waals surface area contributed by atoms with Crippen LogP contribution in [0.1, 0.15) is 29.4 Å². The highest BCUT2D eigenvalue weighted by molar-refractivity contribution is 9.10. The molecule has 0 saturated carbocycles. The van der Waals surface area contributed by atoms with E-state index in [0.29, 0.717) is 23.9 Å². The predicted octanol–water partition coefficient (Wildman–Crippen LogP) is 3.75. The molecule has 1 aromatic heterocycles. The van der Waals surface area contributed by atoms with E-state index in [1.165, 1.54) is 0 Å². The lowest BCUT2D eigenvalue weighted by atomic mass is 9.88. The van der Waals surface area contributed by atoms with E-state index < -0.39 is 0 Å². The van der Waals surface area contributed by atoms with Crippen LogP contribution in [0.5, 0.6) is 0 Å². The van der Waals surface area contributed by atoms with Crippen LogP contribution in [0.2, 0.25) is 0 Å². The van der Waals surface area contributed by atoms with Gasteiger partial charge >= 0.3 is 0 Å². The number of ketones is 1. The molecule has 20 heavy (non-hydrogen) atoms. The standard InChI is InChI=1S/C15H14BrN3O/c1-9-6-13-12(14(20)7-9)8-17-15(19-13)18-11-4-2-10(16)3-5-11/h2-5,8-9H,6-7H2,1H3,(H,17,18,19). The first-order valence-electron chi connectivity index (χ1n) is 6.53. The Morgan fingerprint density at radius 2 is 2.00 bits per heavy atom. The van der Waals surface area contributed by atoms with Crippen molar-refractivity contribution in [2.75, 3.05) is 5.32 Å². The van der Waals surface area contributed by atoms with Gasteiger partial charge in [-0.3, -0.25) is 4.79 Å². The number of hydrogen-bond acceptors (Lipinski definition) is 4. The highest BCUT2D eigenvalue weighted by Crippen LogP contribution is 2.25. The van der Waals surface area contributed by atoms with Crippen LogP contribution in [0.3, 0.4) is 0 Å². The van der Waals surface area contributed by atoms with Crippen LogP contribution in [0.15, 0.2) is 34.9 Å². The average molecular weight is 332 g/mol. The van der Waals surface area contributed by atoms with Crippen LogP contribution in [0.4, 0.5) is 11.6 Å². The minimum atomic E-state index is 0.147. The monoisotopic (exact) mass is 331 g/mol. The third-order valence-corrected chi connectivity index (χ3v) is 3.87. The van der Waals surface area contributed by atoms with Crippen molar-refractivity contribution in [2.24, 2.45) is 5.92 Å². The van der Waals surface area contributed by atoms with E-state index in [9.17, 15) is 4.79 Å². The van der Waals surface area contributed by atoms with Gasteiger partial charge in [0.2, 0.25) is 5.95 Å². The molecule has 2 aromatic rings. The topological polar surface area (TPSA) is 54.9 Å². The second kappa shape index (κ2) is 5.32. The number of nitrogens with zero attached hydrogens (tertiary/aromatic N) is 2. The van der Waals surface area contributed by atoms with Crippen molar-refractivity contribution in [2.45, 2.75) is 19.8 Å². The second-order valence-corrected chi connectivity index (χ2v) is 6.04. The molecule has 1 heterocycles. The van der Waals surface area contributed by atoms with Crippen molar-refractivity contribution in [1.82, 2.24) is 9.97 Å². The van der Waals surface area contributed by atoms with Gasteiger partial charge in [0, 0.05) is 22.8 Å². The summed E-state index contributed by atoms with van der Waals surface area (Å²) in [6, 6.07) is 7.79. The number of carbonyl (C=O) groups excluding carboxylic acids is 1. The number of anilines is 2. The van der Waals surface area contributed by atoms with E-state index in [4.69, 9.17) is 0 Å². The number of rotatable bonds is 2. The Morgan fingerprint density at radius 1 is 1.25 bits per heavy atom. The number of benzene rings is 1. The number of Topliss-reactive ketones (excluding diaryl/α,β-unsaturated/α-hetero) is 1. The zero-order valence-electron chi connectivity index (χ0n) is 11.1. The van der Waals surface area contributed by atoms with Gasteiger partial charge in [-0.05, 0) is 36.6 Å². The number of nitrogens with one attached hydrogen (secondary N) is 1. The summed E-state index contributed by atoms with van der Waals surface area (Å²) in [4.78, 5) is 20.6. The van der Waals surface area contributed by atoms with Crippen molar-refractivity contribution < 1.29 is 4.79 Å². The van der Waals surface area contributed by atoms with Gasteiger partial charge in [0.25, 0.3) is 0 Å². The molecular weight excluding hydrogens is 318 g/mol. The van der Waals surface area contributed by atoms with Gasteiger partial charge in [0.1, 0.15) is 0 Å². The summed E-state index contributed by atoms with van der Waals surface area (Å²) < 4.78 is 1.02. The molecule has 1 atom stereocenters. The molecule has 1 N–H and O–H groups in total. The van der Waals surface area contributed by atoms with Crippen LogP contribution >= 0.6 is 15.9 Å². The molecule has 0 spiro atoms. The summed E-state index contributed by atoms with van der Waals surface area (Å²) in [7, 11) is 0. The minimum absolute atomic E-state index is 0.147. The van der Waals surface area contributed by atoms with E-state index in [1.54, 1.807) is 6.20 Å². The Morgan fingerprint density at radius 3 is 2.75 bits per heavy atom. The SMILES string of the molecule is CC1CC(=O)c2cnc(Nc3ccc(Br)cc3)nc2C1. The van der Waals surface area contributed by atoms with Gasteiger partial charge < -0.3 is 5.32 Å². The maximum atomic E-state index is 11.9. The molecule has 1 aliphatic carbocycles. The third kappa shape index (κ3) is 2.72. The van der Waals surface area contributed by atoms with Crippen LogP contribution in [0, 0.1) is 5.92 Å². The van der Waals surface area contributed by atoms with Gasteiger partial charge in [0.15, 0.2) is 5.78 Å². The van der Waals surface area contributed by atoms with Gasteiger partial charge in [-0.2, -0.15) is 0 Å². The van der Waals surface area contributed by atoms with Crippen LogP contribution in [-0.2, 0) is 6.42 Å². The molecule has 102 valence electrons. The van der Waals surface area contributed by atoms with Crippen LogP contribution in [0.25, 0.3) is 0 Å². The maximum Gasteiger partial charge on any atom is 0.227 e. The molecular formula is C15H14BrN3O. The molecule has 3 rings (SSSR count). The van der Waals surface area contributed by atoms with E-state index in [1.807, 2.05) is 24.3 Å². The zero-order valence-corrected chi connectivity index (χ0v) is 12.6. The lowest BCUT2D eigenvalue weighted by Gasteiger charge is -2.19. The lowest BCUT2D eigenvalue weighted by Crippen LogP contribution is -2.20. The first-order chi connectivity index (χ1) is 9.61. The van der Waals surface area contributed by atoms with E-state index in [-0.39, 0.29) is 5.78 Å². The highest BCUT2D eigenvalue weighted by atomic mass is 79.9. The molecule has 0 amide bonds. The Labute approximate surface area is 125 Å². The molecule has 0 fully saturated rings. The van der Waals surface area contributed by atoms with Crippen molar-refractivity contribution in [3.8, 4) is 0 Å². The predicted molar refractivity (Wildman–Crippen MR) is 81.3 cm³/mol. The van der Waals surface area contributed by atoms with Crippen molar-refractivity contribution in [3.63, 3.8) is 0 Å². The summed E-state index contributed by atoms with van der Waals surface area (Å²) >= 11 is 3.40. The molecule has 0 saturated heterocycles. The fourth-order valence-electron chi connectivity index (χ4n) is 2.36. The molecule has 1 unspecified atom stereocenters. The van der Waals surface area contributed by atoms with Crippen molar-refractivity contribution in [1.29, 1.82) is 0 Å². The van der Waals surface area contributed by atoms with Gasteiger partial charge in [0.05, 0.1) is 11.3 Å². The number of aromatic nitrogens is 2. The molecule has 5 heteroatoms. The quantitative estimate of drug-likeness (QED) is 0.910. The molecule has 1 aromatic carbocycles. The number of hydrogen-bond donors (Lipinski definition) is 1. The van der Waals surface area contributed by atoms with Crippen LogP contribution in [-0.4, -0.2) is 15.8 Å². The van der Waals surface area contributed by atoms with Gasteiger partial charge in [-0.15, -0.1) is 0 Å². The first-order valence-corrected chi connectivity index (χ1v) is 7.33. The van der Waals surface area contributed by atoms with Crippen LogP contribution < -0.4 is 5.32 Å². The molecule has 0 bridgehead atoms. The van der Waals surface area contributed by atoms with E-state index in [2.05, 4.69) is 38.1 Å². The summed E-state index contributed by atoms with van der Waals surface area (Å²) in [6.45, 7) is 2.07. The fourth-order valence-corrected chi connectivity index (χ4v) is 2.62. The van der Waals surface area contributed by atoms with E-state index >= 15 is 0 Å². The van der Waals surface area contributed by atoms with Crippen molar-refractivity contribution in [3.05, 3.63) is 46.2 Å². The molecule has 0 aliphatic heterocycles. The van der Waals surface area contributed by atoms with Crippen molar-refractivity contribution >= 4 is 33.3 Å². The molecule has 4 nitrogen and oxygen atoms in total. The number of halogens is 1. The maximum absolute atomic E-state index is 11.9. The molecule has 0 radical (unpaired) electrons. The van der Waals surface area contributed by atoms with E-state index in [0.717, 1.165) is 22.3 Å². The Bertz CT molecular complexity index is 655. The molecule has 1 aliphatic rings. The third-order valence-electron chi connectivity index (χ3n) is 3.34. The smallest absolute Gasteiger partial charge is 0.227 e.